The first-order chi connectivity index (χ1) is 13.2. The Labute approximate surface area is 161 Å². The zero-order valence-corrected chi connectivity index (χ0v) is 15.9. The van der Waals surface area contributed by atoms with Crippen LogP contribution in [0.4, 0.5) is 0 Å². The van der Waals surface area contributed by atoms with Gasteiger partial charge in [-0.15, -0.1) is 0 Å². The first-order valence-electron chi connectivity index (χ1n) is 9.87. The fraction of sp³-hybridized carbons (Fsp3) is 0.455. The van der Waals surface area contributed by atoms with Gasteiger partial charge in [-0.2, -0.15) is 0 Å². The quantitative estimate of drug-likeness (QED) is 0.790. The minimum Gasteiger partial charge on any atom is -0.494 e. The number of hydrogen-bond acceptors (Lipinski definition) is 4. The predicted octanol–water partition coefficient (Wildman–Crippen LogP) is 2.93. The lowest BCUT2D eigenvalue weighted by molar-refractivity contribution is -0.134. The van der Waals surface area contributed by atoms with Gasteiger partial charge in [0.25, 0.3) is 0 Å². The molecule has 2 fully saturated rings. The van der Waals surface area contributed by atoms with Gasteiger partial charge < -0.3 is 9.64 Å². The number of carbonyl (C=O) groups is 1. The van der Waals surface area contributed by atoms with Gasteiger partial charge >= 0.3 is 0 Å². The second-order valence-corrected chi connectivity index (χ2v) is 7.41. The number of piperazine rings is 1. The minimum absolute atomic E-state index is 0.159. The number of ether oxygens (including phenoxy) is 1. The van der Waals surface area contributed by atoms with Crippen LogP contribution in [0.1, 0.15) is 30.4 Å². The highest BCUT2D eigenvalue weighted by atomic mass is 16.5. The van der Waals surface area contributed by atoms with E-state index in [0.717, 1.165) is 44.9 Å². The van der Waals surface area contributed by atoms with E-state index in [4.69, 9.17) is 4.74 Å². The molecule has 1 aliphatic carbocycles. The molecule has 5 nitrogen and oxygen atoms in total. The molecule has 27 heavy (non-hydrogen) atoms. The molecule has 2 atom stereocenters. The van der Waals surface area contributed by atoms with Crippen molar-refractivity contribution in [1.82, 2.24) is 14.8 Å². The Hall–Kier alpha value is -2.40. The summed E-state index contributed by atoms with van der Waals surface area (Å²) in [6.45, 7) is 7.13. The third kappa shape index (κ3) is 4.30. The maximum Gasteiger partial charge on any atom is 0.226 e. The number of aromatic nitrogens is 1. The zero-order valence-electron chi connectivity index (χ0n) is 15.9. The van der Waals surface area contributed by atoms with Crippen LogP contribution in [0, 0.1) is 5.92 Å². The molecule has 1 saturated carbocycles. The molecule has 1 aromatic heterocycles. The van der Waals surface area contributed by atoms with Crippen molar-refractivity contribution in [3.8, 4) is 5.75 Å². The van der Waals surface area contributed by atoms with Crippen LogP contribution in [0.2, 0.25) is 0 Å². The molecule has 1 aromatic carbocycles. The summed E-state index contributed by atoms with van der Waals surface area (Å²) in [4.78, 5) is 21.4. The van der Waals surface area contributed by atoms with E-state index in [0.29, 0.717) is 18.4 Å². The second-order valence-electron chi connectivity index (χ2n) is 7.41. The van der Waals surface area contributed by atoms with E-state index in [2.05, 4.69) is 33.0 Å². The zero-order chi connectivity index (χ0) is 18.6. The molecule has 0 radical (unpaired) electrons. The largest absolute Gasteiger partial charge is 0.494 e. The Morgan fingerprint density at radius 3 is 2.59 bits per heavy atom. The van der Waals surface area contributed by atoms with Crippen molar-refractivity contribution < 1.29 is 9.53 Å². The topological polar surface area (TPSA) is 45.7 Å². The van der Waals surface area contributed by atoms with Crippen molar-refractivity contribution in [2.75, 3.05) is 32.8 Å². The van der Waals surface area contributed by atoms with Crippen LogP contribution in [-0.2, 0) is 11.3 Å². The molecule has 2 aliphatic rings. The van der Waals surface area contributed by atoms with Crippen molar-refractivity contribution in [3.05, 3.63) is 59.9 Å². The van der Waals surface area contributed by atoms with Gasteiger partial charge in [-0.05, 0) is 48.6 Å². The first-order valence-corrected chi connectivity index (χ1v) is 9.87. The fourth-order valence-corrected chi connectivity index (χ4v) is 3.91. The molecule has 142 valence electrons. The molecule has 2 heterocycles. The van der Waals surface area contributed by atoms with Crippen LogP contribution in [-0.4, -0.2) is 53.5 Å². The fourth-order valence-electron chi connectivity index (χ4n) is 3.91. The lowest BCUT2D eigenvalue weighted by Gasteiger charge is -2.35. The molecule has 0 spiro atoms. The highest BCUT2D eigenvalue weighted by Gasteiger charge is 2.46. The Kier molecular flexibility index (Phi) is 5.39. The van der Waals surface area contributed by atoms with Crippen molar-refractivity contribution in [2.45, 2.75) is 25.8 Å². The van der Waals surface area contributed by atoms with Crippen molar-refractivity contribution in [3.63, 3.8) is 0 Å². The van der Waals surface area contributed by atoms with E-state index in [-0.39, 0.29) is 5.92 Å². The van der Waals surface area contributed by atoms with Gasteiger partial charge in [0.05, 0.1) is 6.61 Å². The van der Waals surface area contributed by atoms with E-state index in [1.165, 1.54) is 11.1 Å². The summed E-state index contributed by atoms with van der Waals surface area (Å²) in [5.74, 6) is 1.77. The molecule has 0 bridgehead atoms. The maximum atomic E-state index is 12.8. The Balaban J connectivity index is 1.25. The Morgan fingerprint density at radius 2 is 1.93 bits per heavy atom. The minimum atomic E-state index is 0.159. The predicted molar refractivity (Wildman–Crippen MR) is 105 cm³/mol. The third-order valence-electron chi connectivity index (χ3n) is 5.54. The van der Waals surface area contributed by atoms with E-state index in [1.54, 1.807) is 6.20 Å². The molecule has 2 aromatic rings. The van der Waals surface area contributed by atoms with E-state index < -0.39 is 0 Å². The van der Waals surface area contributed by atoms with E-state index in [1.807, 2.05) is 31.3 Å². The highest BCUT2D eigenvalue weighted by molar-refractivity contribution is 5.83. The van der Waals surface area contributed by atoms with Crippen molar-refractivity contribution >= 4 is 5.91 Å². The maximum absolute atomic E-state index is 12.8. The van der Waals surface area contributed by atoms with Gasteiger partial charge in [0, 0.05) is 51.0 Å². The van der Waals surface area contributed by atoms with Crippen LogP contribution < -0.4 is 4.74 Å². The van der Waals surface area contributed by atoms with E-state index in [9.17, 15) is 4.79 Å². The lowest BCUT2D eigenvalue weighted by Crippen LogP contribution is -2.48. The van der Waals surface area contributed by atoms with Gasteiger partial charge in [0.1, 0.15) is 5.75 Å². The third-order valence-corrected chi connectivity index (χ3v) is 5.54. The van der Waals surface area contributed by atoms with Crippen LogP contribution >= 0.6 is 0 Å². The summed E-state index contributed by atoms with van der Waals surface area (Å²) < 4.78 is 5.50. The summed E-state index contributed by atoms with van der Waals surface area (Å²) in [6.07, 6.45) is 4.65. The molecule has 1 amide bonds. The average Bonchev–Trinajstić information content (AvgIpc) is 3.51. The number of rotatable bonds is 6. The summed E-state index contributed by atoms with van der Waals surface area (Å²) >= 11 is 0. The number of amides is 1. The average molecular weight is 365 g/mol. The second kappa shape index (κ2) is 8.09. The van der Waals surface area contributed by atoms with Crippen LogP contribution in [0.3, 0.4) is 0 Å². The summed E-state index contributed by atoms with van der Waals surface area (Å²) in [7, 11) is 0. The van der Waals surface area contributed by atoms with Crippen LogP contribution in [0.15, 0.2) is 48.8 Å². The molecular formula is C22H27N3O2. The normalized spacial score (nSPS) is 22.5. The first kappa shape index (κ1) is 18.0. The van der Waals surface area contributed by atoms with Crippen molar-refractivity contribution in [1.29, 1.82) is 0 Å². The number of pyridine rings is 1. The number of carbonyl (C=O) groups excluding carboxylic acids is 1. The Bertz CT molecular complexity index is 755. The summed E-state index contributed by atoms with van der Waals surface area (Å²) in [5, 5.41) is 0. The molecule has 1 aliphatic heterocycles. The van der Waals surface area contributed by atoms with Gasteiger partial charge in [-0.3, -0.25) is 14.7 Å². The summed E-state index contributed by atoms with van der Waals surface area (Å²) in [6, 6.07) is 12.4. The van der Waals surface area contributed by atoms with Gasteiger partial charge in [0.2, 0.25) is 5.91 Å². The van der Waals surface area contributed by atoms with E-state index >= 15 is 0 Å². The molecule has 5 heteroatoms. The van der Waals surface area contributed by atoms with Crippen molar-refractivity contribution in [2.24, 2.45) is 5.92 Å². The van der Waals surface area contributed by atoms with Crippen LogP contribution in [0.25, 0.3) is 0 Å². The highest BCUT2D eigenvalue weighted by Crippen LogP contribution is 2.48. The van der Waals surface area contributed by atoms with Gasteiger partial charge in [0.15, 0.2) is 0 Å². The smallest absolute Gasteiger partial charge is 0.226 e. The standard InChI is InChI=1S/C22H27N3O2/c1-2-27-19-7-5-17(6-8-19)16-24-10-12-25(13-11-24)22(26)21-14-20(21)18-4-3-9-23-15-18/h3-9,15,20-21H,2,10-14,16H2,1H3/t20-,21+/m0/s1. The monoisotopic (exact) mass is 365 g/mol. The summed E-state index contributed by atoms with van der Waals surface area (Å²) in [5.41, 5.74) is 2.49. The molecule has 0 unspecified atom stereocenters. The number of benzene rings is 1. The Morgan fingerprint density at radius 1 is 1.15 bits per heavy atom. The molecular weight excluding hydrogens is 338 g/mol. The molecule has 4 rings (SSSR count). The number of nitrogens with zero attached hydrogens (tertiary/aromatic N) is 3. The molecule has 1 saturated heterocycles. The molecule has 0 N–H and O–H groups in total. The SMILES string of the molecule is CCOc1ccc(CN2CCN(C(=O)[C@@H]3C[C@H]3c3cccnc3)CC2)cc1. The van der Waals surface area contributed by atoms with Gasteiger partial charge in [-0.1, -0.05) is 18.2 Å². The van der Waals surface area contributed by atoms with Crippen LogP contribution in [0.5, 0.6) is 5.75 Å². The lowest BCUT2D eigenvalue weighted by atomic mass is 10.1. The number of hydrogen-bond donors (Lipinski definition) is 0. The van der Waals surface area contributed by atoms with Gasteiger partial charge in [-0.25, -0.2) is 0 Å².